The van der Waals surface area contributed by atoms with Crippen LogP contribution in [0.5, 0.6) is 11.5 Å². The molecule has 0 atom stereocenters. The van der Waals surface area contributed by atoms with Gasteiger partial charge in [-0.05, 0) is 47.0 Å². The van der Waals surface area contributed by atoms with E-state index in [1.165, 1.54) is 12.1 Å². The molecular formula is C25H16F3NO2. The molecule has 2 N–H and O–H groups in total. The predicted octanol–water partition coefficient (Wildman–Crippen LogP) is 6.42. The van der Waals surface area contributed by atoms with Gasteiger partial charge in [-0.15, -0.1) is 0 Å². The van der Waals surface area contributed by atoms with Crippen LogP contribution >= 0.6 is 0 Å². The molecule has 6 heteroatoms. The average molecular weight is 419 g/mol. The highest BCUT2D eigenvalue weighted by atomic mass is 19.4. The Morgan fingerprint density at radius 1 is 0.774 bits per heavy atom. The van der Waals surface area contributed by atoms with E-state index in [9.17, 15) is 23.4 Å². The highest BCUT2D eigenvalue weighted by Crippen LogP contribution is 2.47. The van der Waals surface area contributed by atoms with Crippen molar-refractivity contribution in [3.63, 3.8) is 0 Å². The van der Waals surface area contributed by atoms with Gasteiger partial charge in [0.1, 0.15) is 11.5 Å². The fourth-order valence-corrected chi connectivity index (χ4v) is 4.07. The van der Waals surface area contributed by atoms with Gasteiger partial charge in [0.05, 0.1) is 17.0 Å². The number of para-hydroxylation sites is 1. The SMILES string of the molecule is Oc1ccccc1-c1cc(-c2ccc(C(F)(F)F)cc2)nc2c1Cc1cccc(O)c1-2. The maximum Gasteiger partial charge on any atom is 0.416 e. The van der Waals surface area contributed by atoms with Crippen molar-refractivity contribution in [2.75, 3.05) is 0 Å². The first-order valence-corrected chi connectivity index (χ1v) is 9.64. The molecule has 1 heterocycles. The second-order valence-corrected chi connectivity index (χ2v) is 7.46. The molecule has 1 aliphatic rings. The minimum absolute atomic E-state index is 0.0921. The Kier molecular flexibility index (Phi) is 4.25. The number of benzene rings is 3. The molecule has 0 saturated heterocycles. The number of hydrogen-bond acceptors (Lipinski definition) is 3. The minimum Gasteiger partial charge on any atom is -0.507 e. The number of fused-ring (bicyclic) bond motifs is 3. The summed E-state index contributed by atoms with van der Waals surface area (Å²) in [5.74, 6) is 0.186. The van der Waals surface area contributed by atoms with E-state index in [2.05, 4.69) is 0 Å². The van der Waals surface area contributed by atoms with Crippen molar-refractivity contribution in [1.82, 2.24) is 4.98 Å². The van der Waals surface area contributed by atoms with E-state index in [1.807, 2.05) is 6.07 Å². The highest BCUT2D eigenvalue weighted by molar-refractivity contribution is 5.89. The Balaban J connectivity index is 1.75. The summed E-state index contributed by atoms with van der Waals surface area (Å²) in [7, 11) is 0. The van der Waals surface area contributed by atoms with Crippen molar-refractivity contribution < 1.29 is 23.4 Å². The van der Waals surface area contributed by atoms with E-state index in [0.29, 0.717) is 34.5 Å². The number of phenols is 2. The van der Waals surface area contributed by atoms with Crippen LogP contribution in [-0.2, 0) is 12.6 Å². The number of phenolic OH excluding ortho intramolecular Hbond substituents is 2. The Morgan fingerprint density at radius 3 is 2.19 bits per heavy atom. The van der Waals surface area contributed by atoms with Gasteiger partial charge in [0.2, 0.25) is 0 Å². The zero-order chi connectivity index (χ0) is 21.8. The molecule has 0 saturated carbocycles. The van der Waals surface area contributed by atoms with Gasteiger partial charge in [-0.25, -0.2) is 4.98 Å². The molecule has 5 rings (SSSR count). The highest BCUT2D eigenvalue weighted by Gasteiger charge is 2.31. The minimum atomic E-state index is -4.42. The lowest BCUT2D eigenvalue weighted by atomic mass is 9.95. The average Bonchev–Trinajstić information content (AvgIpc) is 3.13. The summed E-state index contributed by atoms with van der Waals surface area (Å²) in [4.78, 5) is 4.71. The number of aromatic hydroxyl groups is 2. The molecule has 4 aromatic rings. The summed E-state index contributed by atoms with van der Waals surface area (Å²) in [6.07, 6.45) is -3.89. The van der Waals surface area contributed by atoms with Gasteiger partial charge in [0, 0.05) is 23.1 Å². The molecule has 3 aromatic carbocycles. The summed E-state index contributed by atoms with van der Waals surface area (Å²) in [5, 5.41) is 20.9. The first-order valence-electron chi connectivity index (χ1n) is 9.64. The standard InChI is InChI=1S/C25H16F3NO2/c26-25(27,28)16-10-8-14(9-11-16)20-13-18(17-5-1-2-6-21(17)30)19-12-15-4-3-7-22(31)23(15)24(19)29-20/h1-11,13,30-31H,12H2. The molecule has 0 fully saturated rings. The largest absolute Gasteiger partial charge is 0.507 e. The van der Waals surface area contributed by atoms with Crippen molar-refractivity contribution in [2.45, 2.75) is 12.6 Å². The molecule has 0 amide bonds. The van der Waals surface area contributed by atoms with E-state index in [4.69, 9.17) is 4.98 Å². The summed E-state index contributed by atoms with van der Waals surface area (Å²) < 4.78 is 38.9. The third-order valence-electron chi connectivity index (χ3n) is 5.56. The summed E-state index contributed by atoms with van der Waals surface area (Å²) in [6, 6.07) is 18.7. The van der Waals surface area contributed by atoms with E-state index >= 15 is 0 Å². The van der Waals surface area contributed by atoms with E-state index < -0.39 is 11.7 Å². The molecule has 1 aromatic heterocycles. The molecule has 1 aliphatic carbocycles. The van der Waals surface area contributed by atoms with Crippen LogP contribution in [0.15, 0.2) is 72.8 Å². The first-order chi connectivity index (χ1) is 14.8. The van der Waals surface area contributed by atoms with Crippen molar-refractivity contribution in [1.29, 1.82) is 0 Å². The number of rotatable bonds is 2. The Morgan fingerprint density at radius 2 is 1.48 bits per heavy atom. The topological polar surface area (TPSA) is 53.4 Å². The maximum absolute atomic E-state index is 13.0. The van der Waals surface area contributed by atoms with Crippen LogP contribution in [0.25, 0.3) is 33.6 Å². The molecule has 31 heavy (non-hydrogen) atoms. The van der Waals surface area contributed by atoms with Crippen molar-refractivity contribution in [2.24, 2.45) is 0 Å². The molecule has 154 valence electrons. The Bertz CT molecular complexity index is 1310. The molecule has 0 radical (unpaired) electrons. The lowest BCUT2D eigenvalue weighted by Gasteiger charge is -2.14. The van der Waals surface area contributed by atoms with Gasteiger partial charge in [0.15, 0.2) is 0 Å². The molecule has 3 nitrogen and oxygen atoms in total. The number of hydrogen-bond donors (Lipinski definition) is 2. The van der Waals surface area contributed by atoms with E-state index in [0.717, 1.165) is 28.8 Å². The zero-order valence-corrected chi connectivity index (χ0v) is 16.1. The fourth-order valence-electron chi connectivity index (χ4n) is 4.07. The molecule has 0 unspecified atom stereocenters. The smallest absolute Gasteiger partial charge is 0.416 e. The van der Waals surface area contributed by atoms with Crippen LogP contribution in [0.2, 0.25) is 0 Å². The first kappa shape index (κ1) is 19.2. The van der Waals surface area contributed by atoms with Gasteiger partial charge in [-0.1, -0.05) is 42.5 Å². The molecule has 0 spiro atoms. The summed E-state index contributed by atoms with van der Waals surface area (Å²) in [5.41, 5.74) is 4.51. The zero-order valence-electron chi connectivity index (χ0n) is 16.1. The molecular weight excluding hydrogens is 403 g/mol. The number of pyridine rings is 1. The third-order valence-corrected chi connectivity index (χ3v) is 5.56. The van der Waals surface area contributed by atoms with E-state index in [-0.39, 0.29) is 11.5 Å². The quantitative estimate of drug-likeness (QED) is 0.347. The monoisotopic (exact) mass is 419 g/mol. The second kappa shape index (κ2) is 6.87. The van der Waals surface area contributed by atoms with Gasteiger partial charge < -0.3 is 10.2 Å². The van der Waals surface area contributed by atoms with Crippen LogP contribution in [0.4, 0.5) is 13.2 Å². The van der Waals surface area contributed by atoms with Gasteiger partial charge in [-0.2, -0.15) is 13.2 Å². The lowest BCUT2D eigenvalue weighted by Crippen LogP contribution is -2.04. The fraction of sp³-hybridized carbons (Fsp3) is 0.0800. The van der Waals surface area contributed by atoms with Gasteiger partial charge in [-0.3, -0.25) is 0 Å². The third kappa shape index (κ3) is 3.20. The Labute approximate surface area is 176 Å². The summed E-state index contributed by atoms with van der Waals surface area (Å²) in [6.45, 7) is 0. The Hall–Kier alpha value is -3.80. The molecule has 0 bridgehead atoms. The van der Waals surface area contributed by atoms with Crippen LogP contribution in [0.1, 0.15) is 16.7 Å². The van der Waals surface area contributed by atoms with Crippen LogP contribution < -0.4 is 0 Å². The number of nitrogens with zero attached hydrogens (tertiary/aromatic N) is 1. The van der Waals surface area contributed by atoms with Gasteiger partial charge >= 0.3 is 6.18 Å². The maximum atomic E-state index is 13.0. The van der Waals surface area contributed by atoms with Crippen molar-refractivity contribution >= 4 is 0 Å². The van der Waals surface area contributed by atoms with Crippen LogP contribution in [0.3, 0.4) is 0 Å². The van der Waals surface area contributed by atoms with Crippen molar-refractivity contribution in [3.8, 4) is 45.1 Å². The van der Waals surface area contributed by atoms with E-state index in [1.54, 1.807) is 42.5 Å². The van der Waals surface area contributed by atoms with Crippen LogP contribution in [0, 0.1) is 0 Å². The van der Waals surface area contributed by atoms with Crippen LogP contribution in [-0.4, -0.2) is 15.2 Å². The predicted molar refractivity (Wildman–Crippen MR) is 112 cm³/mol. The summed E-state index contributed by atoms with van der Waals surface area (Å²) >= 11 is 0. The number of alkyl halides is 3. The lowest BCUT2D eigenvalue weighted by molar-refractivity contribution is -0.137. The second-order valence-electron chi connectivity index (χ2n) is 7.46. The normalized spacial score (nSPS) is 12.5. The number of halogens is 3. The van der Waals surface area contributed by atoms with Gasteiger partial charge in [0.25, 0.3) is 0 Å². The van der Waals surface area contributed by atoms with Crippen molar-refractivity contribution in [3.05, 3.63) is 89.5 Å². The number of aromatic nitrogens is 1. The molecule has 0 aliphatic heterocycles.